The number of carbonyl (C=O) groups excluding carboxylic acids is 6. The molecule has 4 saturated heterocycles. The highest BCUT2D eigenvalue weighted by Gasteiger charge is 2.41. The van der Waals surface area contributed by atoms with E-state index in [2.05, 4.69) is 31.3 Å². The molecule has 8 N–H and O–H groups in total. The molecule has 4 heterocycles. The van der Waals surface area contributed by atoms with Gasteiger partial charge in [0.2, 0.25) is 23.6 Å². The number of benzene rings is 5. The molecule has 20 nitrogen and oxygen atoms in total. The predicted octanol–water partition coefficient (Wildman–Crippen LogP) is 6.97. The average molecular weight is 1140 g/mol. The zero-order valence-electron chi connectivity index (χ0n) is 43.3. The SMILES string of the molecule is C.C.COC(=O)C1CC(=O)NC1c1ccc(F)c(OC)c1.COc1cc(C2NC(=O)C[C@@H]2C(=O)O)ccc1F.COc1cc(C2NC(=O)C[C@@H]2N)ccc1F.COc1cc(C2NC(=O)C[C@@H]2NC(=O)OCc2ccccc2)ccc1F. The highest BCUT2D eigenvalue weighted by atomic mass is 19.1. The maximum absolute atomic E-state index is 13.6. The van der Waals surface area contributed by atoms with Gasteiger partial charge in [0.1, 0.15) is 6.61 Å². The number of nitrogens with one attached hydrogen (secondary N) is 5. The summed E-state index contributed by atoms with van der Waals surface area (Å²) in [6.07, 6.45) is -0.208. The summed E-state index contributed by atoms with van der Waals surface area (Å²) in [5.41, 5.74) is 9.21. The van der Waals surface area contributed by atoms with Gasteiger partial charge in [-0.25, -0.2) is 22.4 Å². The molecule has 5 amide bonds. The van der Waals surface area contributed by atoms with E-state index in [1.807, 2.05) is 30.3 Å². The van der Waals surface area contributed by atoms with Crippen LogP contribution in [0.3, 0.4) is 0 Å². The molecule has 24 heteroatoms. The summed E-state index contributed by atoms with van der Waals surface area (Å²) in [4.78, 5) is 80.5. The topological polar surface area (TPSA) is 281 Å². The van der Waals surface area contributed by atoms with E-state index in [4.69, 9.17) is 34.5 Å². The highest BCUT2D eigenvalue weighted by molar-refractivity contribution is 5.88. The maximum atomic E-state index is 13.6. The van der Waals surface area contributed by atoms with Crippen LogP contribution < -0.4 is 51.3 Å². The van der Waals surface area contributed by atoms with Crippen molar-refractivity contribution in [2.24, 2.45) is 17.6 Å². The maximum Gasteiger partial charge on any atom is 0.407 e. The lowest BCUT2D eigenvalue weighted by atomic mass is 9.94. The summed E-state index contributed by atoms with van der Waals surface area (Å²) in [6, 6.07) is 23.7. The molecule has 0 aromatic heterocycles. The number of carboxylic acids is 1. The summed E-state index contributed by atoms with van der Waals surface area (Å²) in [5, 5.41) is 22.5. The van der Waals surface area contributed by atoms with E-state index in [0.717, 1.165) is 11.1 Å². The number of carbonyl (C=O) groups is 7. The molecule has 5 aromatic carbocycles. The van der Waals surface area contributed by atoms with Crippen LogP contribution in [0.1, 0.15) is 92.5 Å². The van der Waals surface area contributed by atoms with Gasteiger partial charge in [0.25, 0.3) is 0 Å². The Morgan fingerprint density at radius 3 is 1.31 bits per heavy atom. The van der Waals surface area contributed by atoms with Crippen molar-refractivity contribution in [3.63, 3.8) is 0 Å². The molecular weight excluding hydrogens is 1070 g/mol. The van der Waals surface area contributed by atoms with Crippen molar-refractivity contribution in [1.82, 2.24) is 26.6 Å². The fraction of sp³-hybridized carbons (Fsp3) is 0.351. The minimum atomic E-state index is -1.05. The van der Waals surface area contributed by atoms with E-state index in [9.17, 15) is 51.1 Å². The van der Waals surface area contributed by atoms with Crippen LogP contribution in [0.15, 0.2) is 103 Å². The number of methoxy groups -OCH3 is 5. The van der Waals surface area contributed by atoms with E-state index in [1.54, 1.807) is 18.2 Å². The van der Waals surface area contributed by atoms with Crippen LogP contribution in [0.2, 0.25) is 0 Å². The summed E-state index contributed by atoms with van der Waals surface area (Å²) >= 11 is 0. The van der Waals surface area contributed by atoms with Gasteiger partial charge in [-0.2, -0.15) is 0 Å². The van der Waals surface area contributed by atoms with Gasteiger partial charge in [-0.05, 0) is 76.3 Å². The molecule has 0 saturated carbocycles. The Morgan fingerprint density at radius 1 is 0.531 bits per heavy atom. The Morgan fingerprint density at radius 2 is 0.901 bits per heavy atom. The molecule has 81 heavy (non-hydrogen) atoms. The van der Waals surface area contributed by atoms with E-state index in [0.29, 0.717) is 23.1 Å². The number of esters is 1. The van der Waals surface area contributed by atoms with Gasteiger partial charge in [0.05, 0.1) is 77.6 Å². The minimum Gasteiger partial charge on any atom is -0.494 e. The smallest absolute Gasteiger partial charge is 0.407 e. The Bertz CT molecular complexity index is 3030. The number of amides is 5. The normalized spacial score (nSPS) is 21.1. The van der Waals surface area contributed by atoms with E-state index in [-0.39, 0.29) is 99.4 Å². The molecule has 436 valence electrons. The van der Waals surface area contributed by atoms with Crippen molar-refractivity contribution in [3.8, 4) is 23.0 Å². The first-order chi connectivity index (χ1) is 37.8. The van der Waals surface area contributed by atoms with Crippen LogP contribution in [-0.4, -0.2) is 94.4 Å². The van der Waals surface area contributed by atoms with Gasteiger partial charge in [-0.3, -0.25) is 28.8 Å². The summed E-state index contributed by atoms with van der Waals surface area (Å²) in [6.45, 7) is 0.135. The third-order valence-corrected chi connectivity index (χ3v) is 13.0. The molecule has 4 aliphatic heterocycles. The van der Waals surface area contributed by atoms with Gasteiger partial charge in [-0.15, -0.1) is 0 Å². The molecule has 8 atom stereocenters. The molecule has 0 aliphatic carbocycles. The lowest BCUT2D eigenvalue weighted by Gasteiger charge is -2.21. The number of aliphatic carboxylic acids is 1. The number of nitrogens with two attached hydrogens (primary N) is 1. The van der Waals surface area contributed by atoms with Crippen LogP contribution in [0.25, 0.3) is 0 Å². The Labute approximate surface area is 465 Å². The number of rotatable bonds is 13. The number of carboxylic acid groups (broad SMARTS) is 1. The second-order valence-corrected chi connectivity index (χ2v) is 18.1. The van der Waals surface area contributed by atoms with Crippen molar-refractivity contribution < 1.29 is 84.7 Å². The van der Waals surface area contributed by atoms with Crippen molar-refractivity contribution in [2.75, 3.05) is 35.5 Å². The van der Waals surface area contributed by atoms with E-state index >= 15 is 0 Å². The van der Waals surface area contributed by atoms with E-state index in [1.165, 1.54) is 90.1 Å². The Balaban J connectivity index is 0.000000234. The molecule has 5 unspecified atom stereocenters. The Kier molecular flexibility index (Phi) is 23.8. The molecule has 4 fully saturated rings. The van der Waals surface area contributed by atoms with Gasteiger partial charge in [0, 0.05) is 31.7 Å². The molecule has 0 radical (unpaired) electrons. The lowest BCUT2D eigenvalue weighted by Crippen LogP contribution is -2.38. The van der Waals surface area contributed by atoms with Crippen LogP contribution in [-0.2, 0) is 44.8 Å². The molecule has 5 aromatic rings. The monoisotopic (exact) mass is 1130 g/mol. The van der Waals surface area contributed by atoms with Crippen molar-refractivity contribution in [2.45, 2.75) is 83.4 Å². The molecule has 0 bridgehead atoms. The summed E-state index contributed by atoms with van der Waals surface area (Å²) in [5.74, 6) is -5.42. The van der Waals surface area contributed by atoms with Gasteiger partial charge in [0.15, 0.2) is 46.3 Å². The van der Waals surface area contributed by atoms with Crippen LogP contribution in [0.5, 0.6) is 23.0 Å². The fourth-order valence-corrected chi connectivity index (χ4v) is 9.03. The zero-order valence-corrected chi connectivity index (χ0v) is 43.3. The molecule has 0 spiro atoms. The quantitative estimate of drug-likeness (QED) is 0.0463. The zero-order chi connectivity index (χ0) is 57.5. The van der Waals surface area contributed by atoms with Crippen molar-refractivity contribution >= 4 is 41.7 Å². The number of halogens is 4. The first-order valence-electron chi connectivity index (χ1n) is 24.3. The van der Waals surface area contributed by atoms with Gasteiger partial charge >= 0.3 is 18.0 Å². The highest BCUT2D eigenvalue weighted by Crippen LogP contribution is 2.35. The average Bonchev–Trinajstić information content (AvgIpc) is 4.23. The minimum absolute atomic E-state index is 0. The predicted molar refractivity (Wildman–Crippen MR) is 285 cm³/mol. The summed E-state index contributed by atoms with van der Waals surface area (Å²) < 4.78 is 82.9. The third kappa shape index (κ3) is 16.8. The van der Waals surface area contributed by atoms with Crippen LogP contribution >= 0.6 is 0 Å². The second kappa shape index (κ2) is 29.9. The summed E-state index contributed by atoms with van der Waals surface area (Å²) in [7, 11) is 6.71. The Hall–Kier alpha value is -8.93. The fourth-order valence-electron chi connectivity index (χ4n) is 9.03. The number of hydrogen-bond acceptors (Lipinski definition) is 14. The standard InChI is InChI=1S/C19H19FN2O4.C13H14FNO4.C12H12FNO4.C11H13FN2O2.2CH4/c1-25-16-9-13(7-8-14(16)20)18-15(10-17(23)22-18)21-19(24)26-11-12-5-3-2-4-6-12;1-18-10-5-7(3-4-9(10)14)12-8(13(17)19-2)6-11(16)15-12;1-18-9-4-6(2-3-8(9)13)11-7(12(16)17)5-10(15)14-11;1-16-9-4-6(2-3-7(9)12)11-8(13)5-10(15)14-11;;/h2-9,15,18H,10-11H2,1H3,(H,21,24)(H,22,23);3-5,8,12H,6H2,1-2H3,(H,15,16);2-4,7,11H,5H2,1H3,(H,14,15)(H,16,17);2-4,8,11H,5,13H2,1H3,(H,14,15);2*1H4/t15-,18?;;7-,11?;8-,11?;;/m0.00../s1. The molecule has 9 rings (SSSR count). The van der Waals surface area contributed by atoms with Gasteiger partial charge < -0.3 is 65.8 Å². The first kappa shape index (κ1) is 64.6. The number of alkyl carbamates (subject to hydrolysis) is 1. The molecular formula is C57H66F4N6O14. The number of hydrogen-bond donors (Lipinski definition) is 7. The van der Waals surface area contributed by atoms with Crippen LogP contribution in [0, 0.1) is 35.1 Å². The van der Waals surface area contributed by atoms with Gasteiger partial charge in [-0.1, -0.05) is 69.5 Å². The first-order valence-corrected chi connectivity index (χ1v) is 24.3. The lowest BCUT2D eigenvalue weighted by molar-refractivity contribution is -0.146. The third-order valence-electron chi connectivity index (χ3n) is 13.0. The van der Waals surface area contributed by atoms with Crippen LogP contribution in [0.4, 0.5) is 22.4 Å². The van der Waals surface area contributed by atoms with Crippen molar-refractivity contribution in [1.29, 1.82) is 0 Å². The molecule has 4 aliphatic rings. The number of ether oxygens (including phenoxy) is 6. The van der Waals surface area contributed by atoms with E-state index < -0.39 is 77.3 Å². The second-order valence-electron chi connectivity index (χ2n) is 18.1. The largest absolute Gasteiger partial charge is 0.494 e. The van der Waals surface area contributed by atoms with Crippen molar-refractivity contribution in [3.05, 3.63) is 154 Å².